The second-order valence-corrected chi connectivity index (χ2v) is 7.57. The van der Waals surface area contributed by atoms with Crippen LogP contribution in [0.4, 0.5) is 0 Å². The molecule has 94 valence electrons. The van der Waals surface area contributed by atoms with Gasteiger partial charge in [0.2, 0.25) is 9.05 Å². The SMILES string of the molecule is O=S(=O)(Cl)CCc1ccccc1C1CCCC1. The second-order valence-electron chi connectivity index (χ2n) is 4.67. The monoisotopic (exact) mass is 272 g/mol. The van der Waals surface area contributed by atoms with Crippen LogP contribution in [0.2, 0.25) is 0 Å². The van der Waals surface area contributed by atoms with Gasteiger partial charge in [-0.15, -0.1) is 0 Å². The average Bonchev–Trinajstić information content (AvgIpc) is 2.79. The summed E-state index contributed by atoms with van der Waals surface area (Å²) in [6.07, 6.45) is 5.55. The summed E-state index contributed by atoms with van der Waals surface area (Å²) < 4.78 is 22.0. The van der Waals surface area contributed by atoms with Gasteiger partial charge in [0, 0.05) is 10.7 Å². The summed E-state index contributed by atoms with van der Waals surface area (Å²) in [6.45, 7) is 0. The van der Waals surface area contributed by atoms with Crippen molar-refractivity contribution in [2.75, 3.05) is 5.75 Å². The fraction of sp³-hybridized carbons (Fsp3) is 0.538. The zero-order chi connectivity index (χ0) is 12.3. The van der Waals surface area contributed by atoms with Crippen molar-refractivity contribution in [1.82, 2.24) is 0 Å². The highest BCUT2D eigenvalue weighted by Crippen LogP contribution is 2.35. The maximum atomic E-state index is 11.0. The predicted molar refractivity (Wildman–Crippen MR) is 71.0 cm³/mol. The lowest BCUT2D eigenvalue weighted by Crippen LogP contribution is -2.05. The predicted octanol–water partition coefficient (Wildman–Crippen LogP) is 3.46. The van der Waals surface area contributed by atoms with Gasteiger partial charge in [0.05, 0.1) is 5.75 Å². The zero-order valence-electron chi connectivity index (χ0n) is 9.73. The highest BCUT2D eigenvalue weighted by molar-refractivity contribution is 8.13. The lowest BCUT2D eigenvalue weighted by atomic mass is 9.92. The molecule has 1 aromatic carbocycles. The molecule has 0 radical (unpaired) electrons. The number of halogens is 1. The van der Waals surface area contributed by atoms with Crippen LogP contribution >= 0.6 is 10.7 Å². The summed E-state index contributed by atoms with van der Waals surface area (Å²) >= 11 is 0. The quantitative estimate of drug-likeness (QED) is 0.787. The van der Waals surface area contributed by atoms with E-state index in [2.05, 4.69) is 6.07 Å². The van der Waals surface area contributed by atoms with Crippen LogP contribution in [0.3, 0.4) is 0 Å². The van der Waals surface area contributed by atoms with Gasteiger partial charge in [0.15, 0.2) is 0 Å². The van der Waals surface area contributed by atoms with Crippen molar-refractivity contribution in [3.8, 4) is 0 Å². The molecule has 0 N–H and O–H groups in total. The summed E-state index contributed by atoms with van der Waals surface area (Å²) in [7, 11) is 1.88. The Morgan fingerprint density at radius 3 is 2.47 bits per heavy atom. The first-order chi connectivity index (χ1) is 8.06. The van der Waals surface area contributed by atoms with Crippen LogP contribution < -0.4 is 0 Å². The second kappa shape index (κ2) is 5.40. The Kier molecular flexibility index (Phi) is 4.10. The van der Waals surface area contributed by atoms with Gasteiger partial charge in [-0.05, 0) is 36.3 Å². The molecule has 2 nitrogen and oxygen atoms in total. The van der Waals surface area contributed by atoms with Gasteiger partial charge in [0.1, 0.15) is 0 Å². The van der Waals surface area contributed by atoms with Crippen LogP contribution in [-0.2, 0) is 15.5 Å². The number of aryl methyl sites for hydroxylation is 1. The molecule has 17 heavy (non-hydrogen) atoms. The normalized spacial score (nSPS) is 17.5. The number of hydrogen-bond donors (Lipinski definition) is 0. The molecule has 1 saturated carbocycles. The third-order valence-corrected chi connectivity index (χ3v) is 4.62. The van der Waals surface area contributed by atoms with Crippen LogP contribution in [0.25, 0.3) is 0 Å². The summed E-state index contributed by atoms with van der Waals surface area (Å²) in [4.78, 5) is 0. The Labute approximate surface area is 107 Å². The minimum atomic E-state index is -3.39. The van der Waals surface area contributed by atoms with Crippen LogP contribution in [0.15, 0.2) is 24.3 Å². The Morgan fingerprint density at radius 1 is 1.18 bits per heavy atom. The van der Waals surface area contributed by atoms with E-state index >= 15 is 0 Å². The molecule has 2 rings (SSSR count). The van der Waals surface area contributed by atoms with Crippen LogP contribution in [-0.4, -0.2) is 14.2 Å². The standard InChI is InChI=1S/C13H17ClO2S/c14-17(15,16)10-9-12-7-3-4-8-13(12)11-5-1-2-6-11/h3-4,7-8,11H,1-2,5-6,9-10H2. The molecule has 1 fully saturated rings. The van der Waals surface area contributed by atoms with Crippen LogP contribution in [0.5, 0.6) is 0 Å². The third kappa shape index (κ3) is 3.71. The Balaban J connectivity index is 2.15. The Hall–Kier alpha value is -0.540. The molecule has 0 atom stereocenters. The zero-order valence-corrected chi connectivity index (χ0v) is 11.3. The summed E-state index contributed by atoms with van der Waals surface area (Å²) in [6, 6.07) is 8.16. The van der Waals surface area contributed by atoms with Gasteiger partial charge in [-0.3, -0.25) is 0 Å². The van der Waals surface area contributed by atoms with Gasteiger partial charge < -0.3 is 0 Å². The van der Waals surface area contributed by atoms with E-state index in [0.717, 1.165) is 5.56 Å². The maximum Gasteiger partial charge on any atom is 0.232 e. The van der Waals surface area contributed by atoms with Gasteiger partial charge in [-0.2, -0.15) is 0 Å². The molecule has 0 unspecified atom stereocenters. The minimum Gasteiger partial charge on any atom is -0.212 e. The fourth-order valence-corrected chi connectivity index (χ4v) is 3.32. The lowest BCUT2D eigenvalue weighted by Gasteiger charge is -2.14. The molecule has 1 aromatic rings. The van der Waals surface area contributed by atoms with E-state index in [1.54, 1.807) is 0 Å². The van der Waals surface area contributed by atoms with Crippen molar-refractivity contribution in [3.63, 3.8) is 0 Å². The molecule has 1 aliphatic rings. The number of benzene rings is 1. The van der Waals surface area contributed by atoms with E-state index in [1.165, 1.54) is 31.2 Å². The van der Waals surface area contributed by atoms with E-state index in [0.29, 0.717) is 12.3 Å². The summed E-state index contributed by atoms with van der Waals surface area (Å²) in [5, 5.41) is 0. The average molecular weight is 273 g/mol. The van der Waals surface area contributed by atoms with Crippen molar-refractivity contribution in [1.29, 1.82) is 0 Å². The van der Waals surface area contributed by atoms with E-state index in [-0.39, 0.29) is 5.75 Å². The molecule has 0 bridgehead atoms. The summed E-state index contributed by atoms with van der Waals surface area (Å²) in [5.74, 6) is 0.641. The van der Waals surface area contributed by atoms with Crippen LogP contribution in [0.1, 0.15) is 42.7 Å². The molecule has 0 spiro atoms. The topological polar surface area (TPSA) is 34.1 Å². The first-order valence-corrected chi connectivity index (χ1v) is 8.54. The summed E-state index contributed by atoms with van der Waals surface area (Å²) in [5.41, 5.74) is 2.47. The minimum absolute atomic E-state index is 0.0261. The van der Waals surface area contributed by atoms with E-state index in [9.17, 15) is 8.42 Å². The number of rotatable bonds is 4. The lowest BCUT2D eigenvalue weighted by molar-refractivity contribution is 0.608. The van der Waals surface area contributed by atoms with Gasteiger partial charge in [-0.1, -0.05) is 37.1 Å². The first-order valence-electron chi connectivity index (χ1n) is 6.06. The molecular weight excluding hydrogens is 256 g/mol. The fourth-order valence-electron chi connectivity index (χ4n) is 2.63. The van der Waals surface area contributed by atoms with E-state index in [1.807, 2.05) is 18.2 Å². The number of hydrogen-bond acceptors (Lipinski definition) is 2. The molecule has 0 saturated heterocycles. The van der Waals surface area contributed by atoms with E-state index in [4.69, 9.17) is 10.7 Å². The van der Waals surface area contributed by atoms with Gasteiger partial charge in [-0.25, -0.2) is 8.42 Å². The Bertz CT molecular complexity index is 476. The molecule has 0 aliphatic heterocycles. The maximum absolute atomic E-state index is 11.0. The molecule has 4 heteroatoms. The highest BCUT2D eigenvalue weighted by Gasteiger charge is 2.19. The third-order valence-electron chi connectivity index (χ3n) is 3.47. The molecule has 0 aromatic heterocycles. The molecule has 1 aliphatic carbocycles. The van der Waals surface area contributed by atoms with Crippen LogP contribution in [0, 0.1) is 0 Å². The van der Waals surface area contributed by atoms with Gasteiger partial charge in [0.25, 0.3) is 0 Å². The van der Waals surface area contributed by atoms with Crippen molar-refractivity contribution < 1.29 is 8.42 Å². The molecular formula is C13H17ClO2S. The molecule has 0 heterocycles. The van der Waals surface area contributed by atoms with Crippen molar-refractivity contribution in [2.24, 2.45) is 0 Å². The smallest absolute Gasteiger partial charge is 0.212 e. The molecule has 0 amide bonds. The van der Waals surface area contributed by atoms with Crippen molar-refractivity contribution >= 4 is 19.7 Å². The first kappa shape index (κ1) is 12.9. The Morgan fingerprint density at radius 2 is 1.82 bits per heavy atom. The van der Waals surface area contributed by atoms with E-state index < -0.39 is 9.05 Å². The van der Waals surface area contributed by atoms with Gasteiger partial charge >= 0.3 is 0 Å². The highest BCUT2D eigenvalue weighted by atomic mass is 35.7. The van der Waals surface area contributed by atoms with Crippen molar-refractivity contribution in [3.05, 3.63) is 35.4 Å². The largest absolute Gasteiger partial charge is 0.232 e. The van der Waals surface area contributed by atoms with Crippen molar-refractivity contribution in [2.45, 2.75) is 38.0 Å².